The average molecular weight is 286 g/mol. The van der Waals surface area contributed by atoms with E-state index in [2.05, 4.69) is 26.0 Å². The molecule has 0 spiro atoms. The highest BCUT2D eigenvalue weighted by molar-refractivity contribution is 6.38. The molecule has 4 rings (SSSR count). The Balaban J connectivity index is 1.72. The van der Waals surface area contributed by atoms with Crippen molar-refractivity contribution >= 4 is 11.6 Å². The molecule has 6 atom stereocenters. The summed E-state index contributed by atoms with van der Waals surface area (Å²) in [4.78, 5) is 23.8. The molecule has 21 heavy (non-hydrogen) atoms. The molecule has 114 valence electrons. The molecule has 3 fully saturated rings. The number of rotatable bonds is 0. The van der Waals surface area contributed by atoms with Crippen LogP contribution in [0.25, 0.3) is 0 Å². The smallest absolute Gasteiger partial charge is 0.199 e. The Labute approximate surface area is 127 Å². The standard InChI is InChI=1S/C19H26O2/c1-18-8-3-4-14(18)13-6-5-12-10-16(20)17(21)11-19(12,2)15(13)7-9-18/h5-6,12-15H,3-4,7-11H2,1-2H3/t12?,13-,14-,15-,18-,19-/m0/s1. The second-order valence-electron chi connectivity index (χ2n) is 8.60. The minimum atomic E-state index is -0.137. The summed E-state index contributed by atoms with van der Waals surface area (Å²) in [5.41, 5.74) is 0.567. The predicted molar refractivity (Wildman–Crippen MR) is 81.6 cm³/mol. The highest BCUT2D eigenvalue weighted by Gasteiger charge is 2.57. The number of fused-ring (bicyclic) bond motifs is 5. The van der Waals surface area contributed by atoms with Gasteiger partial charge in [-0.25, -0.2) is 0 Å². The summed E-state index contributed by atoms with van der Waals surface area (Å²) in [6.45, 7) is 4.78. The van der Waals surface area contributed by atoms with Gasteiger partial charge in [-0.2, -0.15) is 0 Å². The highest BCUT2D eigenvalue weighted by Crippen LogP contribution is 2.63. The van der Waals surface area contributed by atoms with E-state index in [1.54, 1.807) is 0 Å². The number of allylic oxidation sites excluding steroid dienone is 2. The maximum absolute atomic E-state index is 12.0. The van der Waals surface area contributed by atoms with Gasteiger partial charge in [0.1, 0.15) is 0 Å². The highest BCUT2D eigenvalue weighted by atomic mass is 16.2. The number of carbonyl (C=O) groups is 2. The molecular formula is C19H26O2. The molecule has 0 N–H and O–H groups in total. The summed E-state index contributed by atoms with van der Waals surface area (Å²) in [6.07, 6.45) is 12.4. The lowest BCUT2D eigenvalue weighted by atomic mass is 9.47. The van der Waals surface area contributed by atoms with Gasteiger partial charge in [0, 0.05) is 12.8 Å². The Morgan fingerprint density at radius 2 is 1.81 bits per heavy atom. The first-order chi connectivity index (χ1) is 9.94. The van der Waals surface area contributed by atoms with Crippen LogP contribution in [0.4, 0.5) is 0 Å². The third-order valence-electron chi connectivity index (χ3n) is 7.63. The van der Waals surface area contributed by atoms with Gasteiger partial charge in [0.05, 0.1) is 0 Å². The third-order valence-corrected chi connectivity index (χ3v) is 7.63. The van der Waals surface area contributed by atoms with E-state index in [0.29, 0.717) is 36.0 Å². The van der Waals surface area contributed by atoms with E-state index >= 15 is 0 Å². The summed E-state index contributed by atoms with van der Waals surface area (Å²) in [6, 6.07) is 0. The van der Waals surface area contributed by atoms with Gasteiger partial charge in [-0.1, -0.05) is 32.4 Å². The molecule has 2 heteroatoms. The minimum absolute atomic E-state index is 0.0360. The molecule has 0 heterocycles. The molecule has 3 saturated carbocycles. The summed E-state index contributed by atoms with van der Waals surface area (Å²) in [7, 11) is 0. The van der Waals surface area contributed by atoms with Crippen LogP contribution in [0.1, 0.15) is 58.8 Å². The fraction of sp³-hybridized carbons (Fsp3) is 0.789. The molecule has 0 radical (unpaired) electrons. The summed E-state index contributed by atoms with van der Waals surface area (Å²) in [5.74, 6) is 2.12. The molecule has 0 aromatic carbocycles. The maximum atomic E-state index is 12.0. The van der Waals surface area contributed by atoms with Crippen molar-refractivity contribution in [3.05, 3.63) is 12.2 Å². The number of hydrogen-bond donors (Lipinski definition) is 0. The fourth-order valence-electron chi connectivity index (χ4n) is 6.30. The maximum Gasteiger partial charge on any atom is 0.199 e. The summed E-state index contributed by atoms with van der Waals surface area (Å²) < 4.78 is 0. The first-order valence-corrected chi connectivity index (χ1v) is 8.68. The van der Waals surface area contributed by atoms with Crippen LogP contribution in [0.2, 0.25) is 0 Å². The van der Waals surface area contributed by atoms with Crippen LogP contribution in [0, 0.1) is 34.5 Å². The Morgan fingerprint density at radius 3 is 2.62 bits per heavy atom. The fourth-order valence-corrected chi connectivity index (χ4v) is 6.30. The molecule has 0 bridgehead atoms. The SMILES string of the molecule is C[C@@]12CCC[C@H]1[C@@H]1C=CC3CC(=O)C(=O)C[C@]3(C)[C@H]1CC2. The molecule has 2 nitrogen and oxygen atoms in total. The van der Waals surface area contributed by atoms with Crippen LogP contribution in [-0.4, -0.2) is 11.6 Å². The summed E-state index contributed by atoms with van der Waals surface area (Å²) in [5, 5.41) is 0. The van der Waals surface area contributed by atoms with Crippen molar-refractivity contribution in [3.8, 4) is 0 Å². The van der Waals surface area contributed by atoms with Crippen molar-refractivity contribution in [1.29, 1.82) is 0 Å². The van der Waals surface area contributed by atoms with E-state index in [1.807, 2.05) is 0 Å². The molecule has 0 saturated heterocycles. The van der Waals surface area contributed by atoms with Gasteiger partial charge in [0.15, 0.2) is 11.6 Å². The van der Waals surface area contributed by atoms with Crippen molar-refractivity contribution in [3.63, 3.8) is 0 Å². The quantitative estimate of drug-likeness (QED) is 0.499. The van der Waals surface area contributed by atoms with Crippen LogP contribution in [0.3, 0.4) is 0 Å². The first kappa shape index (κ1) is 13.7. The molecule has 0 aromatic rings. The van der Waals surface area contributed by atoms with E-state index in [0.717, 1.165) is 5.92 Å². The number of hydrogen-bond acceptors (Lipinski definition) is 2. The van der Waals surface area contributed by atoms with Gasteiger partial charge in [-0.3, -0.25) is 9.59 Å². The van der Waals surface area contributed by atoms with Gasteiger partial charge in [0.25, 0.3) is 0 Å². The van der Waals surface area contributed by atoms with Crippen molar-refractivity contribution in [1.82, 2.24) is 0 Å². The van der Waals surface area contributed by atoms with E-state index in [4.69, 9.17) is 0 Å². The van der Waals surface area contributed by atoms with Crippen LogP contribution >= 0.6 is 0 Å². The van der Waals surface area contributed by atoms with E-state index in [9.17, 15) is 9.59 Å². The Kier molecular flexibility index (Phi) is 2.81. The second-order valence-corrected chi connectivity index (χ2v) is 8.60. The Hall–Kier alpha value is -0.920. The lowest BCUT2D eigenvalue weighted by molar-refractivity contribution is -0.146. The minimum Gasteiger partial charge on any atom is -0.291 e. The molecule has 0 amide bonds. The average Bonchev–Trinajstić information content (AvgIpc) is 2.82. The van der Waals surface area contributed by atoms with Crippen LogP contribution in [-0.2, 0) is 9.59 Å². The number of Topliss-reactive ketones (excluding diaryl/α,β-unsaturated/α-hetero) is 2. The van der Waals surface area contributed by atoms with E-state index < -0.39 is 0 Å². The van der Waals surface area contributed by atoms with Crippen LogP contribution < -0.4 is 0 Å². The van der Waals surface area contributed by atoms with E-state index in [-0.39, 0.29) is 17.0 Å². The topological polar surface area (TPSA) is 34.1 Å². The molecule has 4 aliphatic carbocycles. The van der Waals surface area contributed by atoms with Crippen LogP contribution in [0.5, 0.6) is 0 Å². The Bertz CT molecular complexity index is 534. The molecule has 0 aliphatic heterocycles. The first-order valence-electron chi connectivity index (χ1n) is 8.68. The number of ketones is 2. The van der Waals surface area contributed by atoms with Gasteiger partial charge in [-0.05, 0) is 60.2 Å². The zero-order chi connectivity index (χ0) is 14.8. The largest absolute Gasteiger partial charge is 0.291 e. The van der Waals surface area contributed by atoms with E-state index in [1.165, 1.54) is 32.1 Å². The molecule has 0 aromatic heterocycles. The third kappa shape index (κ3) is 1.77. The Morgan fingerprint density at radius 1 is 1.00 bits per heavy atom. The monoisotopic (exact) mass is 286 g/mol. The normalized spacial score (nSPS) is 52.3. The van der Waals surface area contributed by atoms with Crippen LogP contribution in [0.15, 0.2) is 12.2 Å². The predicted octanol–water partition coefficient (Wildman–Crippen LogP) is 3.94. The zero-order valence-corrected chi connectivity index (χ0v) is 13.2. The zero-order valence-electron chi connectivity index (χ0n) is 13.2. The lowest BCUT2D eigenvalue weighted by Gasteiger charge is -2.56. The second kappa shape index (κ2) is 4.30. The van der Waals surface area contributed by atoms with Gasteiger partial charge >= 0.3 is 0 Å². The van der Waals surface area contributed by atoms with Crippen molar-refractivity contribution in [2.24, 2.45) is 34.5 Å². The lowest BCUT2D eigenvalue weighted by Crippen LogP contribution is -2.52. The summed E-state index contributed by atoms with van der Waals surface area (Å²) >= 11 is 0. The van der Waals surface area contributed by atoms with Crippen molar-refractivity contribution < 1.29 is 9.59 Å². The molecular weight excluding hydrogens is 260 g/mol. The number of carbonyl (C=O) groups excluding carboxylic acids is 2. The molecule has 1 unspecified atom stereocenters. The van der Waals surface area contributed by atoms with Crippen molar-refractivity contribution in [2.75, 3.05) is 0 Å². The van der Waals surface area contributed by atoms with Crippen molar-refractivity contribution in [2.45, 2.75) is 58.8 Å². The van der Waals surface area contributed by atoms with Gasteiger partial charge in [0.2, 0.25) is 0 Å². The molecule has 4 aliphatic rings. The van der Waals surface area contributed by atoms with Gasteiger partial charge < -0.3 is 0 Å². The van der Waals surface area contributed by atoms with Gasteiger partial charge in [-0.15, -0.1) is 0 Å².